The van der Waals surface area contributed by atoms with Crippen molar-refractivity contribution in [3.05, 3.63) is 59.7 Å². The molecule has 162 valence electrons. The summed E-state index contributed by atoms with van der Waals surface area (Å²) in [6, 6.07) is 8.88. The van der Waals surface area contributed by atoms with Crippen molar-refractivity contribution in [1.29, 1.82) is 0 Å². The average Bonchev–Trinajstić information content (AvgIpc) is 3.20. The van der Waals surface area contributed by atoms with Gasteiger partial charge in [0.2, 0.25) is 0 Å². The van der Waals surface area contributed by atoms with Gasteiger partial charge in [-0.2, -0.15) is 0 Å². The highest BCUT2D eigenvalue weighted by Gasteiger charge is 2.50. The third-order valence-electron chi connectivity index (χ3n) is 6.17. The third kappa shape index (κ3) is 5.20. The molecule has 1 saturated carbocycles. The maximum atomic E-state index is 12.6. The van der Waals surface area contributed by atoms with E-state index in [1.165, 1.54) is 5.57 Å². The van der Waals surface area contributed by atoms with Crippen molar-refractivity contribution in [2.75, 3.05) is 0 Å². The fourth-order valence-electron chi connectivity index (χ4n) is 4.15. The van der Waals surface area contributed by atoms with E-state index >= 15 is 0 Å². The Morgan fingerprint density at radius 2 is 2.00 bits per heavy atom. The molecular formula is C25H32O5. The molecule has 1 aliphatic heterocycles. The summed E-state index contributed by atoms with van der Waals surface area (Å²) in [4.78, 5) is 24.4. The van der Waals surface area contributed by atoms with E-state index < -0.39 is 6.10 Å². The summed E-state index contributed by atoms with van der Waals surface area (Å²) < 4.78 is 11.2. The van der Waals surface area contributed by atoms with Crippen LogP contribution in [0.5, 0.6) is 0 Å². The number of benzene rings is 1. The Bertz CT molecular complexity index is 819. The van der Waals surface area contributed by atoms with E-state index in [9.17, 15) is 14.7 Å². The van der Waals surface area contributed by atoms with E-state index in [1.54, 1.807) is 30.3 Å². The Labute approximate surface area is 178 Å². The molecule has 0 amide bonds. The summed E-state index contributed by atoms with van der Waals surface area (Å²) in [7, 11) is 0. The van der Waals surface area contributed by atoms with Crippen molar-refractivity contribution in [3.8, 4) is 0 Å². The summed E-state index contributed by atoms with van der Waals surface area (Å²) >= 11 is 0. The second-order valence-electron chi connectivity index (χ2n) is 9.32. The summed E-state index contributed by atoms with van der Waals surface area (Å²) in [5, 5.41) is 10.8. The molecule has 1 N–H and O–H groups in total. The zero-order chi connectivity index (χ0) is 21.9. The van der Waals surface area contributed by atoms with Crippen molar-refractivity contribution >= 4 is 11.9 Å². The molecule has 0 spiro atoms. The van der Waals surface area contributed by atoms with E-state index in [-0.39, 0.29) is 41.4 Å². The van der Waals surface area contributed by atoms with E-state index in [1.807, 2.05) is 39.8 Å². The van der Waals surface area contributed by atoms with Gasteiger partial charge in [0.25, 0.3) is 0 Å². The van der Waals surface area contributed by atoms with Crippen LogP contribution in [-0.4, -0.2) is 35.4 Å². The number of esters is 2. The second-order valence-corrected chi connectivity index (χ2v) is 9.32. The smallest absolute Gasteiger partial charge is 0.338 e. The molecule has 1 saturated heterocycles. The molecule has 1 heterocycles. The van der Waals surface area contributed by atoms with Gasteiger partial charge in [-0.05, 0) is 37.8 Å². The predicted molar refractivity (Wildman–Crippen MR) is 115 cm³/mol. The quantitative estimate of drug-likeness (QED) is 0.529. The van der Waals surface area contributed by atoms with Crippen LogP contribution in [0, 0.1) is 17.3 Å². The number of fused-ring (bicyclic) bond motifs is 1. The average molecular weight is 413 g/mol. The maximum absolute atomic E-state index is 12.6. The lowest BCUT2D eigenvalue weighted by molar-refractivity contribution is -0.141. The minimum absolute atomic E-state index is 0.0320. The molecule has 5 nitrogen and oxygen atoms in total. The highest BCUT2D eigenvalue weighted by molar-refractivity contribution is 5.89. The van der Waals surface area contributed by atoms with Gasteiger partial charge in [-0.3, -0.25) is 4.79 Å². The van der Waals surface area contributed by atoms with Crippen molar-refractivity contribution < 1.29 is 24.2 Å². The van der Waals surface area contributed by atoms with Crippen molar-refractivity contribution in [1.82, 2.24) is 0 Å². The molecule has 1 aromatic carbocycles. The zero-order valence-electron chi connectivity index (χ0n) is 18.2. The van der Waals surface area contributed by atoms with E-state index in [0.717, 1.165) is 6.42 Å². The molecule has 0 aromatic heterocycles. The van der Waals surface area contributed by atoms with Gasteiger partial charge in [0.15, 0.2) is 0 Å². The topological polar surface area (TPSA) is 72.8 Å². The number of rotatable bonds is 7. The van der Waals surface area contributed by atoms with E-state index in [4.69, 9.17) is 9.47 Å². The van der Waals surface area contributed by atoms with Crippen molar-refractivity contribution in [2.45, 2.75) is 65.3 Å². The highest BCUT2D eigenvalue weighted by atomic mass is 16.6. The highest BCUT2D eigenvalue weighted by Crippen LogP contribution is 2.44. The lowest BCUT2D eigenvalue weighted by Gasteiger charge is -2.28. The SMILES string of the molecule is CC(C)=CCC(C)(C)[C@H](O)/C=C/[C@@H]1[C@H]2CC(=O)O[C@H]2C[C@H]1OC(=O)c1ccccc1. The van der Waals surface area contributed by atoms with Gasteiger partial charge in [-0.15, -0.1) is 0 Å². The Hall–Kier alpha value is -2.40. The molecule has 2 aliphatic rings. The minimum Gasteiger partial charge on any atom is -0.462 e. The summed E-state index contributed by atoms with van der Waals surface area (Å²) in [6.07, 6.45) is 6.11. The molecule has 0 unspecified atom stereocenters. The summed E-state index contributed by atoms with van der Waals surface area (Å²) in [6.45, 7) is 8.13. The lowest BCUT2D eigenvalue weighted by atomic mass is 9.81. The first-order valence-corrected chi connectivity index (χ1v) is 10.6. The van der Waals surface area contributed by atoms with Crippen LogP contribution in [0.25, 0.3) is 0 Å². The molecule has 2 fully saturated rings. The zero-order valence-corrected chi connectivity index (χ0v) is 18.2. The lowest BCUT2D eigenvalue weighted by Crippen LogP contribution is -2.28. The number of aliphatic hydroxyl groups is 1. The van der Waals surface area contributed by atoms with Gasteiger partial charge in [0.1, 0.15) is 12.2 Å². The number of carbonyl (C=O) groups excluding carboxylic acids is 2. The first-order valence-electron chi connectivity index (χ1n) is 10.6. The summed E-state index contributed by atoms with van der Waals surface area (Å²) in [5.41, 5.74) is 1.38. The van der Waals surface area contributed by atoms with Crippen LogP contribution in [0.4, 0.5) is 0 Å². The number of allylic oxidation sites excluding steroid dienone is 2. The Morgan fingerprint density at radius 1 is 1.30 bits per heavy atom. The minimum atomic E-state index is -0.657. The van der Waals surface area contributed by atoms with Crippen LogP contribution in [0.1, 0.15) is 57.3 Å². The van der Waals surface area contributed by atoms with Gasteiger partial charge < -0.3 is 14.6 Å². The molecular weight excluding hydrogens is 380 g/mol. The molecule has 0 radical (unpaired) electrons. The fraction of sp³-hybridized carbons (Fsp3) is 0.520. The van der Waals surface area contributed by atoms with Crippen LogP contribution < -0.4 is 0 Å². The van der Waals surface area contributed by atoms with Crippen molar-refractivity contribution in [2.24, 2.45) is 17.3 Å². The van der Waals surface area contributed by atoms with Gasteiger partial charge in [-0.25, -0.2) is 4.79 Å². The molecule has 5 atom stereocenters. The standard InChI is InChI=1S/C25H32O5/c1-16(2)12-13-25(3,4)22(26)11-10-18-19-14-23(27)29-21(19)15-20(18)30-24(28)17-8-6-5-7-9-17/h5-12,18-22,26H,13-15H2,1-4H3/b11-10+/t18-,19-,20-,21+,22-/m1/s1. The second kappa shape index (κ2) is 9.17. The normalized spacial score (nSPS) is 26.9. The number of hydrogen-bond acceptors (Lipinski definition) is 5. The molecule has 0 bridgehead atoms. The van der Waals surface area contributed by atoms with Gasteiger partial charge in [-0.1, -0.05) is 55.8 Å². The van der Waals surface area contributed by atoms with E-state index in [0.29, 0.717) is 18.4 Å². The monoisotopic (exact) mass is 412 g/mol. The van der Waals surface area contributed by atoms with Crippen LogP contribution in [0.2, 0.25) is 0 Å². The first kappa shape index (κ1) is 22.3. The summed E-state index contributed by atoms with van der Waals surface area (Å²) in [5.74, 6) is -0.783. The fourth-order valence-corrected chi connectivity index (χ4v) is 4.15. The number of carbonyl (C=O) groups is 2. The van der Waals surface area contributed by atoms with Gasteiger partial charge >= 0.3 is 11.9 Å². The van der Waals surface area contributed by atoms with E-state index in [2.05, 4.69) is 6.08 Å². The number of ether oxygens (including phenoxy) is 2. The Balaban J connectivity index is 1.74. The number of hydrogen-bond donors (Lipinski definition) is 1. The van der Waals surface area contributed by atoms with Crippen LogP contribution in [0.3, 0.4) is 0 Å². The molecule has 3 rings (SSSR count). The largest absolute Gasteiger partial charge is 0.462 e. The molecule has 1 aromatic rings. The van der Waals surface area contributed by atoms with Crippen LogP contribution in [-0.2, 0) is 14.3 Å². The third-order valence-corrected chi connectivity index (χ3v) is 6.17. The molecule has 30 heavy (non-hydrogen) atoms. The van der Waals surface area contributed by atoms with Crippen LogP contribution >= 0.6 is 0 Å². The maximum Gasteiger partial charge on any atom is 0.338 e. The molecule has 1 aliphatic carbocycles. The Morgan fingerprint density at radius 3 is 2.67 bits per heavy atom. The van der Waals surface area contributed by atoms with Gasteiger partial charge in [0, 0.05) is 18.3 Å². The first-order chi connectivity index (χ1) is 14.2. The number of aliphatic hydroxyl groups excluding tert-OH is 1. The predicted octanol–water partition coefficient (Wildman–Crippen LogP) is 4.46. The Kier molecular flexibility index (Phi) is 6.81. The van der Waals surface area contributed by atoms with Crippen LogP contribution in [0.15, 0.2) is 54.1 Å². The molecule has 5 heteroatoms. The van der Waals surface area contributed by atoms with Gasteiger partial charge in [0.05, 0.1) is 18.1 Å². The van der Waals surface area contributed by atoms with Crippen molar-refractivity contribution in [3.63, 3.8) is 0 Å².